The molecule has 0 atom stereocenters. The first kappa shape index (κ1) is 13.3. The molecule has 0 saturated heterocycles. The Morgan fingerprint density at radius 2 is 1.90 bits per heavy atom. The molecular weight excluding hydrogens is 294 g/mol. The number of halogens is 1. The summed E-state index contributed by atoms with van der Waals surface area (Å²) in [5.41, 5.74) is 6.88. The van der Waals surface area contributed by atoms with Gasteiger partial charge in [0, 0.05) is 12.7 Å². The highest BCUT2D eigenvalue weighted by Crippen LogP contribution is 2.29. The zero-order valence-electron chi connectivity index (χ0n) is 10.9. The minimum absolute atomic E-state index is 0.154. The van der Waals surface area contributed by atoms with Crippen LogP contribution < -0.4 is 11.1 Å². The van der Waals surface area contributed by atoms with Crippen LogP contribution in [0, 0.1) is 0 Å². The molecule has 0 fully saturated rings. The van der Waals surface area contributed by atoms with Crippen LogP contribution in [-0.4, -0.2) is 33.7 Å². The van der Waals surface area contributed by atoms with Crippen molar-refractivity contribution < 1.29 is 9.59 Å². The standard InChI is InChI=1S/C13H10ClN5O2/c1-19-12(20)7-3-2-6(4-8(7)13(19)21)18-11-9(14)10(15)16-5-17-11/h2-5H,1H3,(H3,15,16,17,18). The van der Waals surface area contributed by atoms with E-state index in [0.29, 0.717) is 22.6 Å². The van der Waals surface area contributed by atoms with Gasteiger partial charge >= 0.3 is 0 Å². The SMILES string of the molecule is CN1C(=O)c2ccc(Nc3ncnc(N)c3Cl)cc2C1=O. The van der Waals surface area contributed by atoms with Crippen LogP contribution in [0.3, 0.4) is 0 Å². The van der Waals surface area contributed by atoms with E-state index < -0.39 is 0 Å². The summed E-state index contributed by atoms with van der Waals surface area (Å²) in [6.45, 7) is 0. The number of hydrogen-bond donors (Lipinski definition) is 2. The van der Waals surface area contributed by atoms with Crippen molar-refractivity contribution in [2.24, 2.45) is 0 Å². The summed E-state index contributed by atoms with van der Waals surface area (Å²) < 4.78 is 0. The van der Waals surface area contributed by atoms with Crippen molar-refractivity contribution in [3.05, 3.63) is 40.7 Å². The molecule has 1 aromatic heterocycles. The minimum Gasteiger partial charge on any atom is -0.382 e. The second-order valence-electron chi connectivity index (χ2n) is 4.48. The van der Waals surface area contributed by atoms with Gasteiger partial charge in [-0.15, -0.1) is 0 Å². The molecule has 1 aliphatic rings. The summed E-state index contributed by atoms with van der Waals surface area (Å²) in [5.74, 6) is -0.173. The lowest BCUT2D eigenvalue weighted by molar-refractivity contribution is 0.0693. The number of nitrogen functional groups attached to an aromatic ring is 1. The number of anilines is 3. The number of amides is 2. The van der Waals surface area contributed by atoms with Crippen LogP contribution in [0.5, 0.6) is 0 Å². The predicted octanol–water partition coefficient (Wildman–Crippen LogP) is 1.68. The fourth-order valence-corrected chi connectivity index (χ4v) is 2.19. The monoisotopic (exact) mass is 303 g/mol. The van der Waals surface area contributed by atoms with Crippen molar-refractivity contribution >= 4 is 40.7 Å². The maximum atomic E-state index is 11.9. The molecule has 0 aliphatic carbocycles. The highest BCUT2D eigenvalue weighted by Gasteiger charge is 2.32. The molecule has 0 saturated carbocycles. The number of nitrogens with one attached hydrogen (secondary N) is 1. The van der Waals surface area contributed by atoms with E-state index in [0.717, 1.165) is 4.90 Å². The number of nitrogens with zero attached hydrogens (tertiary/aromatic N) is 3. The Morgan fingerprint density at radius 1 is 1.19 bits per heavy atom. The average Bonchev–Trinajstić information content (AvgIpc) is 2.69. The zero-order valence-corrected chi connectivity index (χ0v) is 11.7. The third-order valence-electron chi connectivity index (χ3n) is 3.17. The van der Waals surface area contributed by atoms with Crippen molar-refractivity contribution in [3.63, 3.8) is 0 Å². The largest absolute Gasteiger partial charge is 0.382 e. The van der Waals surface area contributed by atoms with E-state index in [9.17, 15) is 9.59 Å². The average molecular weight is 304 g/mol. The van der Waals surface area contributed by atoms with Crippen LogP contribution in [0.15, 0.2) is 24.5 Å². The van der Waals surface area contributed by atoms with Gasteiger partial charge in [-0.2, -0.15) is 0 Å². The number of imide groups is 1. The van der Waals surface area contributed by atoms with Gasteiger partial charge in [0.25, 0.3) is 11.8 Å². The van der Waals surface area contributed by atoms with Crippen LogP contribution in [0.2, 0.25) is 5.02 Å². The molecular formula is C13H10ClN5O2. The molecule has 1 aromatic carbocycles. The predicted molar refractivity (Wildman–Crippen MR) is 77.6 cm³/mol. The zero-order chi connectivity index (χ0) is 15.1. The number of aromatic nitrogens is 2. The number of carbonyl (C=O) groups is 2. The molecule has 1 aliphatic heterocycles. The van der Waals surface area contributed by atoms with Crippen LogP contribution in [-0.2, 0) is 0 Å². The molecule has 2 heterocycles. The first-order valence-electron chi connectivity index (χ1n) is 5.98. The van der Waals surface area contributed by atoms with Gasteiger partial charge in [-0.1, -0.05) is 11.6 Å². The van der Waals surface area contributed by atoms with E-state index >= 15 is 0 Å². The van der Waals surface area contributed by atoms with E-state index in [4.69, 9.17) is 17.3 Å². The van der Waals surface area contributed by atoms with Crippen molar-refractivity contribution in [3.8, 4) is 0 Å². The van der Waals surface area contributed by atoms with E-state index in [1.807, 2.05) is 0 Å². The molecule has 0 unspecified atom stereocenters. The Hall–Kier alpha value is -2.67. The second-order valence-corrected chi connectivity index (χ2v) is 4.85. The van der Waals surface area contributed by atoms with Crippen LogP contribution in [0.4, 0.5) is 17.3 Å². The number of benzene rings is 1. The Bertz CT molecular complexity index is 777. The first-order valence-corrected chi connectivity index (χ1v) is 6.36. The lowest BCUT2D eigenvalue weighted by Gasteiger charge is -2.08. The normalized spacial score (nSPS) is 13.5. The summed E-state index contributed by atoms with van der Waals surface area (Å²) in [6.07, 6.45) is 1.28. The fourth-order valence-electron chi connectivity index (χ4n) is 2.05. The van der Waals surface area contributed by atoms with Gasteiger partial charge < -0.3 is 11.1 Å². The van der Waals surface area contributed by atoms with Gasteiger partial charge in [-0.3, -0.25) is 14.5 Å². The molecule has 0 spiro atoms. The van der Waals surface area contributed by atoms with E-state index in [2.05, 4.69) is 15.3 Å². The molecule has 0 radical (unpaired) electrons. The molecule has 3 N–H and O–H groups in total. The number of rotatable bonds is 2. The third kappa shape index (κ3) is 2.07. The molecule has 2 amide bonds. The van der Waals surface area contributed by atoms with Crippen molar-refractivity contribution in [1.29, 1.82) is 0 Å². The maximum absolute atomic E-state index is 11.9. The van der Waals surface area contributed by atoms with Crippen molar-refractivity contribution in [2.75, 3.05) is 18.1 Å². The van der Waals surface area contributed by atoms with E-state index in [1.165, 1.54) is 13.4 Å². The Kier molecular flexibility index (Phi) is 2.99. The van der Waals surface area contributed by atoms with Gasteiger partial charge in [0.1, 0.15) is 17.2 Å². The number of fused-ring (bicyclic) bond motifs is 1. The fraction of sp³-hybridized carbons (Fsp3) is 0.0769. The summed E-state index contributed by atoms with van der Waals surface area (Å²) >= 11 is 5.99. The lowest BCUT2D eigenvalue weighted by Crippen LogP contribution is -2.24. The molecule has 106 valence electrons. The number of carbonyl (C=O) groups excluding carboxylic acids is 2. The van der Waals surface area contributed by atoms with Crippen LogP contribution >= 0.6 is 11.6 Å². The Morgan fingerprint density at radius 3 is 2.67 bits per heavy atom. The lowest BCUT2D eigenvalue weighted by atomic mass is 10.1. The molecule has 0 bridgehead atoms. The van der Waals surface area contributed by atoms with E-state index in [-0.39, 0.29) is 22.7 Å². The number of nitrogens with two attached hydrogens (primary N) is 1. The van der Waals surface area contributed by atoms with E-state index in [1.54, 1.807) is 18.2 Å². The Labute approximate surface area is 124 Å². The topological polar surface area (TPSA) is 101 Å². The van der Waals surface area contributed by atoms with Crippen molar-refractivity contribution in [1.82, 2.24) is 14.9 Å². The first-order chi connectivity index (χ1) is 9.99. The Balaban J connectivity index is 1.98. The van der Waals surface area contributed by atoms with Crippen LogP contribution in [0.1, 0.15) is 20.7 Å². The molecule has 3 rings (SSSR count). The smallest absolute Gasteiger partial charge is 0.261 e. The van der Waals surface area contributed by atoms with Gasteiger partial charge in [0.15, 0.2) is 5.82 Å². The summed E-state index contributed by atoms with van der Waals surface area (Å²) in [6, 6.07) is 4.82. The van der Waals surface area contributed by atoms with Crippen molar-refractivity contribution in [2.45, 2.75) is 0 Å². The highest BCUT2D eigenvalue weighted by atomic mass is 35.5. The molecule has 7 nitrogen and oxygen atoms in total. The number of hydrogen-bond acceptors (Lipinski definition) is 6. The molecule has 21 heavy (non-hydrogen) atoms. The van der Waals surface area contributed by atoms with Gasteiger partial charge in [0.05, 0.1) is 11.1 Å². The summed E-state index contributed by atoms with van der Waals surface area (Å²) in [5, 5.41) is 3.14. The maximum Gasteiger partial charge on any atom is 0.261 e. The molecule has 2 aromatic rings. The van der Waals surface area contributed by atoms with Gasteiger partial charge in [-0.05, 0) is 18.2 Å². The minimum atomic E-state index is -0.341. The second kappa shape index (κ2) is 4.71. The summed E-state index contributed by atoms with van der Waals surface area (Å²) in [4.78, 5) is 32.6. The van der Waals surface area contributed by atoms with Gasteiger partial charge in [0.2, 0.25) is 0 Å². The quantitative estimate of drug-likeness (QED) is 0.819. The highest BCUT2D eigenvalue weighted by molar-refractivity contribution is 6.35. The third-order valence-corrected chi connectivity index (χ3v) is 3.54. The van der Waals surface area contributed by atoms with Gasteiger partial charge in [-0.25, -0.2) is 9.97 Å². The molecule has 8 heteroatoms. The van der Waals surface area contributed by atoms with Crippen LogP contribution in [0.25, 0.3) is 0 Å². The summed E-state index contributed by atoms with van der Waals surface area (Å²) in [7, 11) is 1.44.